The van der Waals surface area contributed by atoms with Crippen LogP contribution in [0, 0.1) is 5.92 Å². The molecule has 17 heavy (non-hydrogen) atoms. The number of amides is 1. The number of nitrogens with zero attached hydrogens (tertiary/aromatic N) is 1. The van der Waals surface area contributed by atoms with Crippen LogP contribution >= 0.6 is 0 Å². The first-order valence-electron chi connectivity index (χ1n) is 6.31. The lowest BCUT2D eigenvalue weighted by atomic mass is 9.99. The summed E-state index contributed by atoms with van der Waals surface area (Å²) in [7, 11) is 0. The summed E-state index contributed by atoms with van der Waals surface area (Å²) >= 11 is 0. The van der Waals surface area contributed by atoms with Crippen LogP contribution in [-0.2, 0) is 11.2 Å². The van der Waals surface area contributed by atoms with E-state index in [9.17, 15) is 4.79 Å². The van der Waals surface area contributed by atoms with E-state index in [1.165, 1.54) is 5.56 Å². The van der Waals surface area contributed by atoms with Crippen LogP contribution in [0.5, 0.6) is 0 Å². The highest BCUT2D eigenvalue weighted by molar-refractivity contribution is 5.77. The van der Waals surface area contributed by atoms with Crippen molar-refractivity contribution in [2.75, 3.05) is 19.6 Å². The summed E-state index contributed by atoms with van der Waals surface area (Å²) in [5.41, 5.74) is 6.84. The molecule has 1 heterocycles. The molecule has 1 aliphatic rings. The van der Waals surface area contributed by atoms with E-state index in [0.717, 1.165) is 25.9 Å². The molecule has 2 rings (SSSR count). The molecule has 3 heteroatoms. The van der Waals surface area contributed by atoms with Gasteiger partial charge in [-0.05, 0) is 24.9 Å². The van der Waals surface area contributed by atoms with Gasteiger partial charge in [-0.25, -0.2) is 0 Å². The minimum Gasteiger partial charge on any atom is -0.342 e. The number of rotatable bonds is 5. The summed E-state index contributed by atoms with van der Waals surface area (Å²) in [5, 5.41) is 0. The van der Waals surface area contributed by atoms with Crippen molar-refractivity contribution >= 4 is 5.91 Å². The maximum Gasteiger partial charge on any atom is 0.222 e. The average Bonchev–Trinajstić information content (AvgIpc) is 2.29. The standard InChI is InChI=1S/C14H20N2O/c15-9-13-10-16(11-13)14(17)8-4-7-12-5-2-1-3-6-12/h1-3,5-6,13H,4,7-11,15H2. The van der Waals surface area contributed by atoms with Gasteiger partial charge in [-0.15, -0.1) is 0 Å². The predicted molar refractivity (Wildman–Crippen MR) is 68.5 cm³/mol. The Balaban J connectivity index is 1.64. The van der Waals surface area contributed by atoms with Crippen molar-refractivity contribution in [2.45, 2.75) is 19.3 Å². The van der Waals surface area contributed by atoms with Gasteiger partial charge in [0.2, 0.25) is 5.91 Å². The lowest BCUT2D eigenvalue weighted by molar-refractivity contribution is -0.137. The van der Waals surface area contributed by atoms with Gasteiger partial charge in [0.25, 0.3) is 0 Å². The molecule has 1 aromatic rings. The molecule has 1 saturated heterocycles. The van der Waals surface area contributed by atoms with Crippen LogP contribution in [-0.4, -0.2) is 30.4 Å². The van der Waals surface area contributed by atoms with Crippen LogP contribution < -0.4 is 5.73 Å². The molecular formula is C14H20N2O. The predicted octanol–water partition coefficient (Wildman–Crippen LogP) is 1.43. The Kier molecular flexibility index (Phi) is 4.15. The van der Waals surface area contributed by atoms with Crippen molar-refractivity contribution in [1.29, 1.82) is 0 Å². The molecule has 0 atom stereocenters. The summed E-state index contributed by atoms with van der Waals surface area (Å²) in [5.74, 6) is 0.818. The van der Waals surface area contributed by atoms with Crippen LogP contribution in [0.25, 0.3) is 0 Å². The second-order valence-electron chi connectivity index (χ2n) is 4.74. The van der Waals surface area contributed by atoms with Crippen LogP contribution in [0.3, 0.4) is 0 Å². The van der Waals surface area contributed by atoms with Gasteiger partial charge in [0.1, 0.15) is 0 Å². The molecule has 0 bridgehead atoms. The first-order valence-corrected chi connectivity index (χ1v) is 6.31. The van der Waals surface area contributed by atoms with Gasteiger partial charge in [-0.3, -0.25) is 4.79 Å². The highest BCUT2D eigenvalue weighted by Crippen LogP contribution is 2.16. The summed E-state index contributed by atoms with van der Waals surface area (Å²) in [6.45, 7) is 2.43. The number of carbonyl (C=O) groups excluding carboxylic acids is 1. The van der Waals surface area contributed by atoms with Gasteiger partial charge in [0.15, 0.2) is 0 Å². The molecule has 0 aliphatic carbocycles. The second kappa shape index (κ2) is 5.82. The van der Waals surface area contributed by atoms with Crippen molar-refractivity contribution in [1.82, 2.24) is 4.90 Å². The third-order valence-corrected chi connectivity index (χ3v) is 3.34. The fraction of sp³-hybridized carbons (Fsp3) is 0.500. The van der Waals surface area contributed by atoms with Gasteiger partial charge < -0.3 is 10.6 Å². The van der Waals surface area contributed by atoms with Gasteiger partial charge in [0.05, 0.1) is 0 Å². The molecule has 0 radical (unpaired) electrons. The van der Waals surface area contributed by atoms with Crippen LogP contribution in [0.15, 0.2) is 30.3 Å². The Hall–Kier alpha value is -1.35. The number of carbonyl (C=O) groups is 1. The van der Waals surface area contributed by atoms with Gasteiger partial charge >= 0.3 is 0 Å². The van der Waals surface area contributed by atoms with E-state index in [1.807, 2.05) is 23.1 Å². The van der Waals surface area contributed by atoms with Crippen molar-refractivity contribution in [3.8, 4) is 0 Å². The smallest absolute Gasteiger partial charge is 0.222 e. The molecule has 0 spiro atoms. The van der Waals surface area contributed by atoms with E-state index < -0.39 is 0 Å². The van der Waals surface area contributed by atoms with Crippen molar-refractivity contribution < 1.29 is 4.79 Å². The Morgan fingerprint density at radius 1 is 1.29 bits per heavy atom. The zero-order chi connectivity index (χ0) is 12.1. The maximum absolute atomic E-state index is 11.8. The Morgan fingerprint density at radius 3 is 2.65 bits per heavy atom. The molecule has 1 aliphatic heterocycles. The van der Waals surface area contributed by atoms with E-state index in [2.05, 4.69) is 12.1 Å². The summed E-state index contributed by atoms with van der Waals surface area (Å²) in [4.78, 5) is 13.7. The number of benzene rings is 1. The first kappa shape index (κ1) is 12.1. The van der Waals surface area contributed by atoms with Gasteiger partial charge in [-0.2, -0.15) is 0 Å². The quantitative estimate of drug-likeness (QED) is 0.834. The van der Waals surface area contributed by atoms with E-state index in [4.69, 9.17) is 5.73 Å². The van der Waals surface area contributed by atoms with E-state index in [-0.39, 0.29) is 5.91 Å². The maximum atomic E-state index is 11.8. The van der Waals surface area contributed by atoms with Crippen LogP contribution in [0.1, 0.15) is 18.4 Å². The van der Waals surface area contributed by atoms with Gasteiger partial charge in [-0.1, -0.05) is 30.3 Å². The number of likely N-dealkylation sites (tertiary alicyclic amines) is 1. The Bertz CT molecular complexity index is 358. The number of nitrogens with two attached hydrogens (primary N) is 1. The molecule has 0 saturated carbocycles. The SMILES string of the molecule is NCC1CN(C(=O)CCCc2ccccc2)C1. The molecular weight excluding hydrogens is 212 g/mol. The van der Waals surface area contributed by atoms with E-state index in [0.29, 0.717) is 18.9 Å². The van der Waals surface area contributed by atoms with Crippen molar-refractivity contribution in [2.24, 2.45) is 11.7 Å². The fourth-order valence-electron chi connectivity index (χ4n) is 2.17. The number of hydrogen-bond acceptors (Lipinski definition) is 2. The first-order chi connectivity index (χ1) is 8.29. The highest BCUT2D eigenvalue weighted by atomic mass is 16.2. The summed E-state index contributed by atoms with van der Waals surface area (Å²) < 4.78 is 0. The summed E-state index contributed by atoms with van der Waals surface area (Å²) in [6, 6.07) is 10.3. The molecule has 1 fully saturated rings. The minimum atomic E-state index is 0.283. The molecule has 1 aromatic carbocycles. The summed E-state index contributed by atoms with van der Waals surface area (Å²) in [6.07, 6.45) is 2.58. The number of aryl methyl sites for hydroxylation is 1. The monoisotopic (exact) mass is 232 g/mol. The molecule has 0 aromatic heterocycles. The normalized spacial score (nSPS) is 15.7. The molecule has 92 valence electrons. The Morgan fingerprint density at radius 2 is 2.00 bits per heavy atom. The zero-order valence-electron chi connectivity index (χ0n) is 10.1. The lowest BCUT2D eigenvalue weighted by Gasteiger charge is -2.38. The van der Waals surface area contributed by atoms with Crippen molar-refractivity contribution in [3.05, 3.63) is 35.9 Å². The Labute approximate surface area is 103 Å². The second-order valence-corrected chi connectivity index (χ2v) is 4.74. The lowest BCUT2D eigenvalue weighted by Crippen LogP contribution is -2.52. The highest BCUT2D eigenvalue weighted by Gasteiger charge is 2.28. The van der Waals surface area contributed by atoms with Crippen LogP contribution in [0.2, 0.25) is 0 Å². The third-order valence-electron chi connectivity index (χ3n) is 3.34. The largest absolute Gasteiger partial charge is 0.342 e. The number of hydrogen-bond donors (Lipinski definition) is 1. The zero-order valence-corrected chi connectivity index (χ0v) is 10.1. The topological polar surface area (TPSA) is 46.3 Å². The van der Waals surface area contributed by atoms with Crippen LogP contribution in [0.4, 0.5) is 0 Å². The minimum absolute atomic E-state index is 0.283. The molecule has 3 nitrogen and oxygen atoms in total. The molecule has 0 unspecified atom stereocenters. The average molecular weight is 232 g/mol. The van der Waals surface area contributed by atoms with E-state index in [1.54, 1.807) is 0 Å². The van der Waals surface area contributed by atoms with Gasteiger partial charge in [0, 0.05) is 25.4 Å². The fourth-order valence-corrected chi connectivity index (χ4v) is 2.17. The molecule has 2 N–H and O–H groups in total. The van der Waals surface area contributed by atoms with Crippen molar-refractivity contribution in [3.63, 3.8) is 0 Å². The molecule has 1 amide bonds. The third kappa shape index (κ3) is 3.30. The van der Waals surface area contributed by atoms with E-state index >= 15 is 0 Å².